The molecule has 0 unspecified atom stereocenters. The van der Waals surface area contributed by atoms with Crippen molar-refractivity contribution >= 4 is 5.97 Å². The summed E-state index contributed by atoms with van der Waals surface area (Å²) in [5.74, 6) is 1.93. The third-order valence-corrected chi connectivity index (χ3v) is 6.84. The van der Waals surface area contributed by atoms with E-state index in [1.54, 1.807) is 6.92 Å². The number of nitrogens with zero attached hydrogens (tertiary/aromatic N) is 3. The van der Waals surface area contributed by atoms with E-state index in [2.05, 4.69) is 20.1 Å². The van der Waals surface area contributed by atoms with Crippen molar-refractivity contribution < 1.29 is 22.7 Å². The van der Waals surface area contributed by atoms with E-state index < -0.39 is 11.7 Å². The molecule has 1 heterocycles. The Balaban J connectivity index is 1.31. The molecule has 1 saturated carbocycles. The van der Waals surface area contributed by atoms with E-state index in [-0.39, 0.29) is 5.97 Å². The maximum absolute atomic E-state index is 12.9. The molecule has 2 aromatic carbocycles. The van der Waals surface area contributed by atoms with Crippen molar-refractivity contribution in [1.82, 2.24) is 20.1 Å². The van der Waals surface area contributed by atoms with Gasteiger partial charge in [-0.3, -0.25) is 0 Å². The summed E-state index contributed by atoms with van der Waals surface area (Å²) in [5.41, 5.74) is 3.61. The highest BCUT2D eigenvalue weighted by molar-refractivity contribution is 5.89. The van der Waals surface area contributed by atoms with E-state index in [9.17, 15) is 18.0 Å². The molecule has 0 radical (unpaired) electrons. The molecule has 1 N–H and O–H groups in total. The van der Waals surface area contributed by atoms with E-state index in [1.807, 2.05) is 24.3 Å². The molecule has 194 valence electrons. The normalized spacial score (nSPS) is 15.8. The fourth-order valence-corrected chi connectivity index (χ4v) is 4.70. The number of ether oxygens (including phenoxy) is 1. The zero-order valence-corrected chi connectivity index (χ0v) is 20.6. The molecule has 5 rings (SSSR count). The number of nitrogens with one attached hydrogen (secondary N) is 1. The molecule has 9 heteroatoms. The molecular formula is C28H29F3N4O2. The van der Waals surface area contributed by atoms with Crippen molar-refractivity contribution in [1.29, 1.82) is 0 Å². The maximum Gasteiger partial charge on any atom is 0.416 e. The molecule has 1 fully saturated rings. The van der Waals surface area contributed by atoms with Crippen LogP contribution in [0.5, 0.6) is 0 Å². The van der Waals surface area contributed by atoms with Crippen LogP contribution >= 0.6 is 0 Å². The van der Waals surface area contributed by atoms with Gasteiger partial charge in [0.1, 0.15) is 5.82 Å². The fourth-order valence-electron chi connectivity index (χ4n) is 4.70. The number of allylic oxidation sites excluding steroid dienone is 1. The predicted molar refractivity (Wildman–Crippen MR) is 132 cm³/mol. The number of aromatic nitrogens is 3. The van der Waals surface area contributed by atoms with Crippen LogP contribution in [0.2, 0.25) is 0 Å². The Morgan fingerprint density at radius 3 is 2.32 bits per heavy atom. The summed E-state index contributed by atoms with van der Waals surface area (Å²) in [7, 11) is 0. The van der Waals surface area contributed by atoms with Gasteiger partial charge < -0.3 is 14.6 Å². The monoisotopic (exact) mass is 510 g/mol. The number of hydrogen-bond donors (Lipinski definition) is 1. The molecule has 6 nitrogen and oxygen atoms in total. The Bertz CT molecular complexity index is 1290. The van der Waals surface area contributed by atoms with Gasteiger partial charge in [-0.15, -0.1) is 10.2 Å². The molecule has 0 atom stereocenters. The summed E-state index contributed by atoms with van der Waals surface area (Å²) in [6.45, 7) is 3.21. The van der Waals surface area contributed by atoms with E-state index >= 15 is 0 Å². The van der Waals surface area contributed by atoms with Gasteiger partial charge in [-0.05, 0) is 67.9 Å². The third kappa shape index (κ3) is 5.70. The Kier molecular flexibility index (Phi) is 7.04. The Hall–Kier alpha value is -3.62. The predicted octanol–water partition coefficient (Wildman–Crippen LogP) is 5.98. The minimum absolute atomic E-state index is 0.254. The highest BCUT2D eigenvalue weighted by Gasteiger charge is 2.31. The van der Waals surface area contributed by atoms with Gasteiger partial charge >= 0.3 is 12.1 Å². The van der Waals surface area contributed by atoms with Gasteiger partial charge in [0.15, 0.2) is 5.82 Å². The Labute approximate surface area is 213 Å². The van der Waals surface area contributed by atoms with E-state index in [4.69, 9.17) is 4.74 Å². The molecule has 3 aromatic rings. The van der Waals surface area contributed by atoms with E-state index in [0.717, 1.165) is 71.9 Å². The van der Waals surface area contributed by atoms with Gasteiger partial charge in [-0.2, -0.15) is 13.2 Å². The number of alkyl halides is 3. The van der Waals surface area contributed by atoms with Crippen molar-refractivity contribution in [2.75, 3.05) is 6.61 Å². The van der Waals surface area contributed by atoms with Gasteiger partial charge in [-0.25, -0.2) is 4.79 Å². The highest BCUT2D eigenvalue weighted by Crippen LogP contribution is 2.39. The first-order chi connectivity index (χ1) is 17.8. The number of carbonyl (C=O) groups excluding carboxylic acids is 1. The van der Waals surface area contributed by atoms with Gasteiger partial charge in [0.2, 0.25) is 0 Å². The summed E-state index contributed by atoms with van der Waals surface area (Å²) in [6.07, 6.45) is 0.284. The average molecular weight is 511 g/mol. The first-order valence-electron chi connectivity index (χ1n) is 12.6. The van der Waals surface area contributed by atoms with Crippen LogP contribution in [0.3, 0.4) is 0 Å². The lowest BCUT2D eigenvalue weighted by Gasteiger charge is -2.14. The number of rotatable bonds is 9. The van der Waals surface area contributed by atoms with Crippen molar-refractivity contribution in [2.24, 2.45) is 0 Å². The van der Waals surface area contributed by atoms with Crippen molar-refractivity contribution in [2.45, 2.75) is 64.2 Å². The quantitative estimate of drug-likeness (QED) is 0.359. The summed E-state index contributed by atoms with van der Waals surface area (Å²) in [5, 5.41) is 12.3. The lowest BCUT2D eigenvalue weighted by atomic mass is 10.0. The number of halogens is 3. The minimum Gasteiger partial charge on any atom is -0.463 e. The largest absolute Gasteiger partial charge is 0.463 e. The Morgan fingerprint density at radius 1 is 1.03 bits per heavy atom. The number of hydrogen-bond acceptors (Lipinski definition) is 5. The first kappa shape index (κ1) is 25.0. The molecular weight excluding hydrogens is 481 g/mol. The SMILES string of the molecule is CCOC(=O)C1=C(NCc2nnc(C3CC3)n2Cc2ccc(-c3ccc(C(F)(F)F)cc3)cc2)CCC1. The van der Waals surface area contributed by atoms with Gasteiger partial charge in [0, 0.05) is 11.6 Å². The van der Waals surface area contributed by atoms with Crippen LogP contribution < -0.4 is 5.32 Å². The average Bonchev–Trinajstić information content (AvgIpc) is 3.48. The second-order valence-electron chi connectivity index (χ2n) is 9.49. The molecule has 1 aromatic heterocycles. The molecule has 0 amide bonds. The lowest BCUT2D eigenvalue weighted by molar-refractivity contribution is -0.139. The third-order valence-electron chi connectivity index (χ3n) is 6.84. The zero-order valence-electron chi connectivity index (χ0n) is 20.6. The van der Waals surface area contributed by atoms with Crippen LogP contribution in [0.1, 0.15) is 67.7 Å². The van der Waals surface area contributed by atoms with Crippen LogP contribution in [0.25, 0.3) is 11.1 Å². The topological polar surface area (TPSA) is 69.0 Å². The van der Waals surface area contributed by atoms with Crippen molar-refractivity contribution in [3.63, 3.8) is 0 Å². The van der Waals surface area contributed by atoms with E-state index in [1.165, 1.54) is 12.1 Å². The summed E-state index contributed by atoms with van der Waals surface area (Å²) in [4.78, 5) is 12.3. The number of carbonyl (C=O) groups is 1. The van der Waals surface area contributed by atoms with Gasteiger partial charge in [-0.1, -0.05) is 36.4 Å². The van der Waals surface area contributed by atoms with Gasteiger partial charge in [0.05, 0.1) is 30.8 Å². The summed E-state index contributed by atoms with van der Waals surface area (Å²) >= 11 is 0. The van der Waals surface area contributed by atoms with Crippen LogP contribution in [-0.2, 0) is 28.8 Å². The molecule has 0 bridgehead atoms. The van der Waals surface area contributed by atoms with Gasteiger partial charge in [0.25, 0.3) is 0 Å². The summed E-state index contributed by atoms with van der Waals surface area (Å²) < 4.78 is 45.9. The van der Waals surface area contributed by atoms with Crippen molar-refractivity contribution in [3.05, 3.63) is 82.6 Å². The smallest absolute Gasteiger partial charge is 0.416 e. The van der Waals surface area contributed by atoms with Crippen LogP contribution in [0.15, 0.2) is 59.8 Å². The highest BCUT2D eigenvalue weighted by atomic mass is 19.4. The van der Waals surface area contributed by atoms with Crippen molar-refractivity contribution in [3.8, 4) is 11.1 Å². The van der Waals surface area contributed by atoms with Crippen LogP contribution in [0.4, 0.5) is 13.2 Å². The minimum atomic E-state index is -4.35. The molecule has 2 aliphatic rings. The summed E-state index contributed by atoms with van der Waals surface area (Å²) in [6, 6.07) is 13.0. The second kappa shape index (κ2) is 10.4. The maximum atomic E-state index is 12.9. The fraction of sp³-hybridized carbons (Fsp3) is 0.393. The van der Waals surface area contributed by atoms with E-state index in [0.29, 0.717) is 37.6 Å². The number of benzene rings is 2. The molecule has 0 saturated heterocycles. The Morgan fingerprint density at radius 2 is 1.70 bits per heavy atom. The zero-order chi connectivity index (χ0) is 26.0. The second-order valence-corrected chi connectivity index (χ2v) is 9.49. The lowest BCUT2D eigenvalue weighted by Crippen LogP contribution is -2.20. The van der Waals surface area contributed by atoms with Crippen LogP contribution in [-0.4, -0.2) is 27.3 Å². The van der Waals surface area contributed by atoms with Crippen LogP contribution in [0, 0.1) is 0 Å². The number of esters is 1. The first-order valence-corrected chi connectivity index (χ1v) is 12.6. The molecule has 37 heavy (non-hydrogen) atoms. The molecule has 0 spiro atoms. The molecule has 2 aliphatic carbocycles. The molecule has 0 aliphatic heterocycles. The standard InChI is InChI=1S/C28H29F3N4O2/c1-2-37-27(36)23-4-3-5-24(23)32-16-25-33-34-26(21-10-11-21)35(25)17-18-6-8-19(9-7-18)20-12-14-22(15-13-20)28(29,30)31/h6-9,12-15,21,32H,2-5,10-11,16-17H2,1H3.